The molecule has 21 heavy (non-hydrogen) atoms. The minimum absolute atomic E-state index is 0.476. The normalized spacial score (nSPS) is 17.8. The van der Waals surface area contributed by atoms with Crippen LogP contribution >= 0.6 is 11.6 Å². The van der Waals surface area contributed by atoms with Gasteiger partial charge in [0.15, 0.2) is 0 Å². The molecule has 1 N–H and O–H groups in total. The molecule has 2 aromatic heterocycles. The zero-order chi connectivity index (χ0) is 14.7. The minimum Gasteiger partial charge on any atom is -0.388 e. The molecular weight excluding hydrogens is 286 g/mol. The highest BCUT2D eigenvalue weighted by atomic mass is 35.5. The third kappa shape index (κ3) is 3.44. The predicted octanol–water partition coefficient (Wildman–Crippen LogP) is 3.71. The van der Waals surface area contributed by atoms with Crippen molar-refractivity contribution in [2.75, 3.05) is 0 Å². The molecule has 0 bridgehead atoms. The van der Waals surface area contributed by atoms with Gasteiger partial charge in [-0.15, -0.1) is 0 Å². The van der Waals surface area contributed by atoms with Gasteiger partial charge >= 0.3 is 0 Å². The van der Waals surface area contributed by atoms with Gasteiger partial charge in [0.05, 0.1) is 22.9 Å². The third-order valence-corrected chi connectivity index (χ3v) is 4.49. The fourth-order valence-corrected chi connectivity index (χ4v) is 3.24. The molecule has 5 heteroatoms. The highest BCUT2D eigenvalue weighted by Crippen LogP contribution is 2.28. The number of aromatic nitrogens is 3. The number of halogens is 1. The van der Waals surface area contributed by atoms with Crippen molar-refractivity contribution in [2.24, 2.45) is 0 Å². The summed E-state index contributed by atoms with van der Waals surface area (Å²) in [5, 5.41) is 15.4. The number of pyridine rings is 1. The van der Waals surface area contributed by atoms with Crippen LogP contribution in [0.15, 0.2) is 30.7 Å². The van der Waals surface area contributed by atoms with Gasteiger partial charge in [0.1, 0.15) is 0 Å². The van der Waals surface area contributed by atoms with Crippen molar-refractivity contribution >= 4 is 11.6 Å². The highest BCUT2D eigenvalue weighted by molar-refractivity contribution is 6.31. The number of rotatable bonds is 4. The van der Waals surface area contributed by atoms with Crippen molar-refractivity contribution in [2.45, 2.75) is 50.7 Å². The van der Waals surface area contributed by atoms with Crippen molar-refractivity contribution in [3.8, 4) is 0 Å². The van der Waals surface area contributed by atoms with Gasteiger partial charge in [0.2, 0.25) is 0 Å². The van der Waals surface area contributed by atoms with E-state index in [1.54, 1.807) is 18.5 Å². The van der Waals surface area contributed by atoms with Crippen LogP contribution in [-0.4, -0.2) is 19.9 Å². The van der Waals surface area contributed by atoms with E-state index in [1.807, 2.05) is 12.3 Å². The second kappa shape index (κ2) is 6.58. The molecule has 1 unspecified atom stereocenters. The first-order chi connectivity index (χ1) is 10.2. The Morgan fingerprint density at radius 1 is 1.29 bits per heavy atom. The van der Waals surface area contributed by atoms with Crippen molar-refractivity contribution in [3.63, 3.8) is 0 Å². The molecule has 0 aromatic carbocycles. The Kier molecular flexibility index (Phi) is 4.56. The standard InChI is InChI=1S/C16H20ClN3O/c17-15-11-18-8-6-14(15)16(21)10-12-7-9-20(19-12)13-4-2-1-3-5-13/h6-9,11,13,16,21H,1-5,10H2. The lowest BCUT2D eigenvalue weighted by Gasteiger charge is -2.21. The average Bonchev–Trinajstić information content (AvgIpc) is 2.97. The first-order valence-electron chi connectivity index (χ1n) is 7.55. The van der Waals surface area contributed by atoms with Crippen LogP contribution < -0.4 is 0 Å². The number of aliphatic hydroxyl groups excluding tert-OH is 1. The summed E-state index contributed by atoms with van der Waals surface area (Å²) in [5.41, 5.74) is 1.61. The van der Waals surface area contributed by atoms with Crippen molar-refractivity contribution in [3.05, 3.63) is 47.0 Å². The summed E-state index contributed by atoms with van der Waals surface area (Å²) in [6, 6.07) is 4.27. The van der Waals surface area contributed by atoms with Crippen molar-refractivity contribution < 1.29 is 5.11 Å². The molecule has 1 aliphatic carbocycles. The SMILES string of the molecule is OC(Cc1ccn(C2CCCCC2)n1)c1ccncc1Cl. The molecule has 0 radical (unpaired) electrons. The predicted molar refractivity (Wildman–Crippen MR) is 82.3 cm³/mol. The maximum atomic E-state index is 10.3. The van der Waals surface area contributed by atoms with Gasteiger partial charge in [-0.2, -0.15) is 5.10 Å². The molecule has 112 valence electrons. The van der Waals surface area contributed by atoms with E-state index in [4.69, 9.17) is 11.6 Å². The fourth-order valence-electron chi connectivity index (χ4n) is 3.00. The molecule has 0 saturated heterocycles. The summed E-state index contributed by atoms with van der Waals surface area (Å²) in [7, 11) is 0. The number of hydrogen-bond donors (Lipinski definition) is 1. The molecule has 4 nitrogen and oxygen atoms in total. The second-order valence-electron chi connectivity index (χ2n) is 5.70. The Balaban J connectivity index is 1.68. The fraction of sp³-hybridized carbons (Fsp3) is 0.500. The number of nitrogens with zero attached hydrogens (tertiary/aromatic N) is 3. The van der Waals surface area contributed by atoms with E-state index in [-0.39, 0.29) is 0 Å². The molecule has 2 heterocycles. The first kappa shape index (κ1) is 14.5. The smallest absolute Gasteiger partial charge is 0.0861 e. The summed E-state index contributed by atoms with van der Waals surface area (Å²) in [5.74, 6) is 0. The summed E-state index contributed by atoms with van der Waals surface area (Å²) in [4.78, 5) is 3.94. The van der Waals surface area contributed by atoms with E-state index in [0.717, 1.165) is 5.69 Å². The molecular formula is C16H20ClN3O. The van der Waals surface area contributed by atoms with Gasteiger partial charge in [-0.3, -0.25) is 9.67 Å². The zero-order valence-electron chi connectivity index (χ0n) is 12.0. The Bertz CT molecular complexity index is 593. The summed E-state index contributed by atoms with van der Waals surface area (Å²) < 4.78 is 2.06. The summed E-state index contributed by atoms with van der Waals surface area (Å²) in [6.07, 6.45) is 11.4. The first-order valence-corrected chi connectivity index (χ1v) is 7.93. The Hall–Kier alpha value is -1.39. The zero-order valence-corrected chi connectivity index (χ0v) is 12.7. The summed E-state index contributed by atoms with van der Waals surface area (Å²) in [6.45, 7) is 0. The average molecular weight is 306 g/mol. The molecule has 2 aromatic rings. The topological polar surface area (TPSA) is 50.9 Å². The summed E-state index contributed by atoms with van der Waals surface area (Å²) >= 11 is 6.06. The van der Waals surface area contributed by atoms with Gasteiger partial charge in [-0.25, -0.2) is 0 Å². The molecule has 0 amide bonds. The van der Waals surface area contributed by atoms with E-state index < -0.39 is 6.10 Å². The quantitative estimate of drug-likeness (QED) is 0.936. The molecule has 1 fully saturated rings. The Labute approximate surface area is 129 Å². The van der Waals surface area contributed by atoms with Crippen LogP contribution in [0.5, 0.6) is 0 Å². The van der Waals surface area contributed by atoms with Gasteiger partial charge in [-0.05, 0) is 25.0 Å². The lowest BCUT2D eigenvalue weighted by atomic mass is 9.96. The molecule has 0 spiro atoms. The lowest BCUT2D eigenvalue weighted by Crippen LogP contribution is -2.13. The molecule has 0 aliphatic heterocycles. The van der Waals surface area contributed by atoms with Crippen molar-refractivity contribution in [1.29, 1.82) is 0 Å². The van der Waals surface area contributed by atoms with Crippen LogP contribution in [0.4, 0.5) is 0 Å². The van der Waals surface area contributed by atoms with Crippen LogP contribution in [0.1, 0.15) is 55.5 Å². The van der Waals surface area contributed by atoms with Gasteiger partial charge < -0.3 is 5.11 Å². The van der Waals surface area contributed by atoms with Gasteiger partial charge in [-0.1, -0.05) is 30.9 Å². The van der Waals surface area contributed by atoms with E-state index in [0.29, 0.717) is 23.0 Å². The van der Waals surface area contributed by atoms with Crippen LogP contribution in [0.3, 0.4) is 0 Å². The van der Waals surface area contributed by atoms with E-state index in [2.05, 4.69) is 14.8 Å². The monoisotopic (exact) mass is 305 g/mol. The largest absolute Gasteiger partial charge is 0.388 e. The van der Waals surface area contributed by atoms with Gasteiger partial charge in [0.25, 0.3) is 0 Å². The van der Waals surface area contributed by atoms with Crippen LogP contribution in [0.2, 0.25) is 5.02 Å². The van der Waals surface area contributed by atoms with Crippen LogP contribution in [0.25, 0.3) is 0 Å². The Morgan fingerprint density at radius 2 is 2.10 bits per heavy atom. The van der Waals surface area contributed by atoms with Gasteiger partial charge in [0, 0.05) is 30.6 Å². The molecule has 1 saturated carbocycles. The Morgan fingerprint density at radius 3 is 2.86 bits per heavy atom. The van der Waals surface area contributed by atoms with E-state index in [1.165, 1.54) is 32.1 Å². The van der Waals surface area contributed by atoms with Crippen LogP contribution in [-0.2, 0) is 6.42 Å². The highest BCUT2D eigenvalue weighted by Gasteiger charge is 2.18. The maximum Gasteiger partial charge on any atom is 0.0861 e. The number of hydrogen-bond acceptors (Lipinski definition) is 3. The van der Waals surface area contributed by atoms with E-state index in [9.17, 15) is 5.11 Å². The third-order valence-electron chi connectivity index (χ3n) is 4.18. The van der Waals surface area contributed by atoms with E-state index >= 15 is 0 Å². The second-order valence-corrected chi connectivity index (χ2v) is 6.10. The maximum absolute atomic E-state index is 10.3. The molecule has 1 aliphatic rings. The lowest BCUT2D eigenvalue weighted by molar-refractivity contribution is 0.176. The molecule has 1 atom stereocenters. The molecule has 3 rings (SSSR count). The van der Waals surface area contributed by atoms with Crippen molar-refractivity contribution in [1.82, 2.24) is 14.8 Å². The number of aliphatic hydroxyl groups is 1. The van der Waals surface area contributed by atoms with Crippen LogP contribution in [0, 0.1) is 0 Å². The minimum atomic E-state index is -0.643.